The molecule has 19 heavy (non-hydrogen) atoms. The lowest BCUT2D eigenvalue weighted by Crippen LogP contribution is -2.13. The number of oxazole rings is 1. The van der Waals surface area contributed by atoms with Crippen LogP contribution in [-0.2, 0) is 4.79 Å². The normalized spacial score (nSPS) is 10.2. The van der Waals surface area contributed by atoms with Gasteiger partial charge in [-0.05, 0) is 25.3 Å². The maximum atomic E-state index is 11.7. The first-order chi connectivity index (χ1) is 9.10. The van der Waals surface area contributed by atoms with Crippen molar-refractivity contribution in [2.24, 2.45) is 0 Å². The molecule has 0 aliphatic rings. The quantitative estimate of drug-likeness (QED) is 0.877. The van der Waals surface area contributed by atoms with E-state index in [9.17, 15) is 4.79 Å². The van der Waals surface area contributed by atoms with Crippen LogP contribution >= 0.6 is 23.1 Å². The molecule has 0 atom stereocenters. The van der Waals surface area contributed by atoms with Crippen molar-refractivity contribution < 1.29 is 9.21 Å². The van der Waals surface area contributed by atoms with E-state index in [1.165, 1.54) is 23.1 Å². The Morgan fingerprint density at radius 1 is 1.63 bits per heavy atom. The molecule has 5 nitrogen and oxygen atoms in total. The fraction of sp³-hybridized carbons (Fsp3) is 0.250. The van der Waals surface area contributed by atoms with E-state index in [0.29, 0.717) is 15.8 Å². The third kappa shape index (κ3) is 3.36. The number of nitriles is 1. The molecule has 0 radical (unpaired) electrons. The molecule has 2 aromatic rings. The highest BCUT2D eigenvalue weighted by molar-refractivity contribution is 7.99. The van der Waals surface area contributed by atoms with Crippen LogP contribution in [-0.4, -0.2) is 16.6 Å². The fourth-order valence-corrected chi connectivity index (χ4v) is 2.75. The van der Waals surface area contributed by atoms with Gasteiger partial charge in [0.15, 0.2) is 0 Å². The Hall–Kier alpha value is -1.78. The van der Waals surface area contributed by atoms with Crippen molar-refractivity contribution in [3.8, 4) is 6.07 Å². The molecule has 0 fully saturated rings. The number of thioether (sulfide) groups is 1. The monoisotopic (exact) mass is 293 g/mol. The number of rotatable bonds is 4. The number of hydrogen-bond donors (Lipinski definition) is 1. The number of aromatic nitrogens is 1. The predicted octanol–water partition coefficient (Wildman–Crippen LogP) is 2.96. The van der Waals surface area contributed by atoms with Crippen molar-refractivity contribution in [1.82, 2.24) is 4.98 Å². The molecule has 0 aliphatic carbocycles. The van der Waals surface area contributed by atoms with Gasteiger partial charge in [-0.15, -0.1) is 11.3 Å². The number of anilines is 1. The lowest BCUT2D eigenvalue weighted by molar-refractivity contribution is -0.113. The van der Waals surface area contributed by atoms with Crippen LogP contribution in [0.4, 0.5) is 5.00 Å². The molecule has 0 aliphatic heterocycles. The molecule has 0 spiro atoms. The average molecular weight is 293 g/mol. The van der Waals surface area contributed by atoms with E-state index in [-0.39, 0.29) is 11.7 Å². The van der Waals surface area contributed by atoms with Crippen molar-refractivity contribution in [3.05, 3.63) is 28.5 Å². The summed E-state index contributed by atoms with van der Waals surface area (Å²) in [5.41, 5.74) is 1.30. The third-order valence-electron chi connectivity index (χ3n) is 2.37. The van der Waals surface area contributed by atoms with Crippen molar-refractivity contribution in [2.75, 3.05) is 11.1 Å². The molecule has 1 N–H and O–H groups in total. The van der Waals surface area contributed by atoms with Crippen LogP contribution in [0, 0.1) is 25.2 Å². The van der Waals surface area contributed by atoms with Crippen LogP contribution < -0.4 is 5.32 Å². The van der Waals surface area contributed by atoms with E-state index in [1.54, 1.807) is 11.4 Å². The maximum absolute atomic E-state index is 11.7. The molecule has 2 rings (SSSR count). The van der Waals surface area contributed by atoms with Gasteiger partial charge < -0.3 is 9.73 Å². The van der Waals surface area contributed by atoms with Crippen LogP contribution in [0.2, 0.25) is 0 Å². The smallest absolute Gasteiger partial charge is 0.256 e. The van der Waals surface area contributed by atoms with Crippen molar-refractivity contribution in [2.45, 2.75) is 19.1 Å². The van der Waals surface area contributed by atoms with Crippen LogP contribution in [0.3, 0.4) is 0 Å². The van der Waals surface area contributed by atoms with E-state index in [1.807, 2.05) is 19.9 Å². The first kappa shape index (κ1) is 13.6. The second-order valence-corrected chi connectivity index (χ2v) is 5.58. The standard InChI is InChI=1S/C12H11N3O2S2/c1-7-8(2)17-12(14-7)19-6-10(16)15-11-9(5-13)3-4-18-11/h3-4H,6H2,1-2H3,(H,15,16). The second-order valence-electron chi connectivity index (χ2n) is 3.73. The molecule has 0 saturated carbocycles. The summed E-state index contributed by atoms with van der Waals surface area (Å²) in [5.74, 6) is 0.771. The van der Waals surface area contributed by atoms with Gasteiger partial charge >= 0.3 is 0 Å². The zero-order chi connectivity index (χ0) is 13.8. The summed E-state index contributed by atoms with van der Waals surface area (Å²) in [4.78, 5) is 15.9. The van der Waals surface area contributed by atoms with Gasteiger partial charge in [-0.25, -0.2) is 4.98 Å². The third-order valence-corrected chi connectivity index (χ3v) is 4.03. The Balaban J connectivity index is 1.90. The van der Waals surface area contributed by atoms with E-state index in [0.717, 1.165) is 11.5 Å². The Morgan fingerprint density at radius 3 is 3.05 bits per heavy atom. The molecule has 0 bridgehead atoms. The summed E-state index contributed by atoms with van der Waals surface area (Å²) in [6.45, 7) is 3.69. The molecule has 0 saturated heterocycles. The topological polar surface area (TPSA) is 78.9 Å². The first-order valence-corrected chi connectivity index (χ1v) is 7.31. The van der Waals surface area contributed by atoms with Gasteiger partial charge in [0.1, 0.15) is 16.8 Å². The van der Waals surface area contributed by atoms with Crippen LogP contribution in [0.25, 0.3) is 0 Å². The van der Waals surface area contributed by atoms with Gasteiger partial charge in [0.05, 0.1) is 17.0 Å². The van der Waals surface area contributed by atoms with Crippen LogP contribution in [0.15, 0.2) is 21.1 Å². The Bertz CT molecular complexity index is 620. The number of carbonyl (C=O) groups excluding carboxylic acids is 1. The zero-order valence-corrected chi connectivity index (χ0v) is 12.0. The van der Waals surface area contributed by atoms with Gasteiger partial charge in [-0.1, -0.05) is 11.8 Å². The molecule has 2 aromatic heterocycles. The minimum absolute atomic E-state index is 0.183. The molecule has 7 heteroatoms. The summed E-state index contributed by atoms with van der Waals surface area (Å²) in [6, 6.07) is 3.70. The molecular weight excluding hydrogens is 282 g/mol. The van der Waals surface area contributed by atoms with E-state index in [4.69, 9.17) is 9.68 Å². The van der Waals surface area contributed by atoms with E-state index >= 15 is 0 Å². The molecule has 1 amide bonds. The fourth-order valence-electron chi connectivity index (χ4n) is 1.29. The highest BCUT2D eigenvalue weighted by Crippen LogP contribution is 2.24. The first-order valence-electron chi connectivity index (χ1n) is 5.44. The van der Waals surface area contributed by atoms with Crippen LogP contribution in [0.5, 0.6) is 0 Å². The Morgan fingerprint density at radius 2 is 2.42 bits per heavy atom. The number of carbonyl (C=O) groups is 1. The number of nitrogens with one attached hydrogen (secondary N) is 1. The maximum Gasteiger partial charge on any atom is 0.256 e. The zero-order valence-electron chi connectivity index (χ0n) is 10.4. The number of thiophene rings is 1. The highest BCUT2D eigenvalue weighted by atomic mass is 32.2. The molecule has 0 unspecified atom stereocenters. The lowest BCUT2D eigenvalue weighted by atomic mass is 10.3. The van der Waals surface area contributed by atoms with E-state index < -0.39 is 0 Å². The molecule has 2 heterocycles. The minimum Gasteiger partial charge on any atom is -0.437 e. The summed E-state index contributed by atoms with van der Waals surface area (Å²) in [6.07, 6.45) is 0. The van der Waals surface area contributed by atoms with Gasteiger partial charge in [-0.3, -0.25) is 4.79 Å². The van der Waals surface area contributed by atoms with Crippen molar-refractivity contribution in [1.29, 1.82) is 5.26 Å². The Kier molecular flexibility index (Phi) is 4.24. The van der Waals surface area contributed by atoms with Gasteiger partial charge in [0.25, 0.3) is 5.22 Å². The second kappa shape index (κ2) is 5.91. The van der Waals surface area contributed by atoms with Gasteiger partial charge in [0.2, 0.25) is 5.91 Å². The van der Waals surface area contributed by atoms with Crippen LogP contribution in [0.1, 0.15) is 17.0 Å². The van der Waals surface area contributed by atoms with E-state index in [2.05, 4.69) is 10.3 Å². The molecular formula is C12H11N3O2S2. The number of amides is 1. The number of nitrogens with zero attached hydrogens (tertiary/aromatic N) is 2. The SMILES string of the molecule is Cc1nc(SCC(=O)Nc2sccc2C#N)oc1C. The summed E-state index contributed by atoms with van der Waals surface area (Å²) in [7, 11) is 0. The summed E-state index contributed by atoms with van der Waals surface area (Å²) >= 11 is 2.56. The molecule has 0 aromatic carbocycles. The van der Waals surface area contributed by atoms with Gasteiger partial charge in [-0.2, -0.15) is 5.26 Å². The predicted molar refractivity (Wildman–Crippen MR) is 74.4 cm³/mol. The van der Waals surface area contributed by atoms with Crippen molar-refractivity contribution >= 4 is 34.0 Å². The largest absolute Gasteiger partial charge is 0.437 e. The highest BCUT2D eigenvalue weighted by Gasteiger charge is 2.11. The van der Waals surface area contributed by atoms with Gasteiger partial charge in [0, 0.05) is 0 Å². The lowest BCUT2D eigenvalue weighted by Gasteiger charge is -2.01. The molecule has 98 valence electrons. The number of aryl methyl sites for hydroxylation is 2. The number of hydrogen-bond acceptors (Lipinski definition) is 6. The average Bonchev–Trinajstić information content (AvgIpc) is 2.94. The van der Waals surface area contributed by atoms with Crippen molar-refractivity contribution in [3.63, 3.8) is 0 Å². The minimum atomic E-state index is -0.183. The summed E-state index contributed by atoms with van der Waals surface area (Å²) < 4.78 is 5.37. The Labute approximate surface area is 118 Å². The summed E-state index contributed by atoms with van der Waals surface area (Å²) in [5, 5.41) is 14.4.